The predicted molar refractivity (Wildman–Crippen MR) is 61.7 cm³/mol. The molecule has 0 fully saturated rings. The fourth-order valence-corrected chi connectivity index (χ4v) is 0.492. The summed E-state index contributed by atoms with van der Waals surface area (Å²) in [6.45, 7) is 9.39. The smallest absolute Gasteiger partial charge is 0.394 e. The molecule has 0 bridgehead atoms. The molecule has 9 heteroatoms. The molecule has 0 aliphatic heterocycles. The molecule has 8 nitrogen and oxygen atoms in total. The summed E-state index contributed by atoms with van der Waals surface area (Å²) in [5.41, 5.74) is -1.33. The fourth-order valence-electron chi connectivity index (χ4n) is 0.492. The van der Waals surface area contributed by atoms with Crippen molar-refractivity contribution >= 4 is 12.3 Å². The summed E-state index contributed by atoms with van der Waals surface area (Å²) in [5, 5.41) is 0. The zero-order valence-corrected chi connectivity index (χ0v) is 13.8. The normalized spacial score (nSPS) is 11.1. The number of ether oxygens (including phenoxy) is 2. The first-order valence-electron chi connectivity index (χ1n) is 5.54. The van der Waals surface area contributed by atoms with Crippen LogP contribution < -0.4 is 0 Å². The van der Waals surface area contributed by atoms with Gasteiger partial charge in [-0.3, -0.25) is 9.78 Å². The average Bonchev–Trinajstić information content (AvgIpc) is 2.22. The molecule has 0 saturated carbocycles. The zero-order chi connectivity index (χ0) is 15.1. The van der Waals surface area contributed by atoms with Crippen LogP contribution in [0, 0.1) is 0 Å². The Labute approximate surface area is 129 Å². The van der Waals surface area contributed by atoms with Crippen molar-refractivity contribution in [2.75, 3.05) is 6.79 Å². The van der Waals surface area contributed by atoms with E-state index in [9.17, 15) is 9.59 Å². The molecular weight excluding hydrogens is 311 g/mol. The molecule has 117 valence electrons. The summed E-state index contributed by atoms with van der Waals surface area (Å²) in [4.78, 5) is 39.8. The largest absolute Gasteiger partial charge is 0.543 e. The first-order chi connectivity index (χ1) is 8.49. The molecular formula is C11H20O8V. The minimum Gasteiger partial charge on any atom is -0.394 e. The third-order valence-corrected chi connectivity index (χ3v) is 1.07. The van der Waals surface area contributed by atoms with Gasteiger partial charge in [0, 0.05) is 18.6 Å². The van der Waals surface area contributed by atoms with Crippen LogP contribution >= 0.6 is 0 Å². The summed E-state index contributed by atoms with van der Waals surface area (Å²) in [5.74, 6) is 0. The molecule has 0 rings (SSSR count). The van der Waals surface area contributed by atoms with E-state index in [4.69, 9.17) is 0 Å². The van der Waals surface area contributed by atoms with E-state index in [1.54, 1.807) is 41.5 Å². The van der Waals surface area contributed by atoms with Gasteiger partial charge in [0.05, 0.1) is 0 Å². The van der Waals surface area contributed by atoms with Crippen LogP contribution in [-0.2, 0) is 47.6 Å². The second-order valence-corrected chi connectivity index (χ2v) is 5.46. The maximum absolute atomic E-state index is 11.0. The summed E-state index contributed by atoms with van der Waals surface area (Å²) in [6.07, 6.45) is -2.28. The minimum absolute atomic E-state index is 0. The Hall–Kier alpha value is -0.956. The number of rotatable bonds is 4. The molecule has 0 atom stereocenters. The van der Waals surface area contributed by atoms with Crippen LogP contribution in [0.5, 0.6) is 0 Å². The van der Waals surface area contributed by atoms with E-state index < -0.39 is 30.3 Å². The first kappa shape index (κ1) is 21.3. The molecule has 0 spiro atoms. The Bertz CT molecular complexity index is 275. The average molecular weight is 331 g/mol. The van der Waals surface area contributed by atoms with Crippen molar-refractivity contribution in [3.05, 3.63) is 0 Å². The van der Waals surface area contributed by atoms with Crippen molar-refractivity contribution in [3.63, 3.8) is 0 Å². The van der Waals surface area contributed by atoms with Gasteiger partial charge in [0.1, 0.15) is 11.2 Å². The van der Waals surface area contributed by atoms with Crippen LogP contribution in [0.2, 0.25) is 0 Å². The van der Waals surface area contributed by atoms with Gasteiger partial charge in [0.2, 0.25) is 6.79 Å². The molecule has 0 N–H and O–H groups in total. The van der Waals surface area contributed by atoms with Gasteiger partial charge in [-0.25, -0.2) is 9.59 Å². The van der Waals surface area contributed by atoms with Crippen molar-refractivity contribution in [2.24, 2.45) is 0 Å². The number of carbonyl (C=O) groups excluding carboxylic acids is 2. The first-order valence-corrected chi connectivity index (χ1v) is 5.54. The maximum Gasteiger partial charge on any atom is 0.543 e. The molecule has 0 aromatic heterocycles. The number of carbonyl (C=O) groups is 2. The van der Waals surface area contributed by atoms with E-state index in [1.807, 2.05) is 0 Å². The van der Waals surface area contributed by atoms with Crippen molar-refractivity contribution in [1.82, 2.24) is 0 Å². The van der Waals surface area contributed by atoms with E-state index in [2.05, 4.69) is 29.0 Å². The van der Waals surface area contributed by atoms with Crippen molar-refractivity contribution in [2.45, 2.75) is 52.7 Å². The molecule has 20 heavy (non-hydrogen) atoms. The second-order valence-electron chi connectivity index (χ2n) is 5.46. The third kappa shape index (κ3) is 15.1. The summed E-state index contributed by atoms with van der Waals surface area (Å²) in [6, 6.07) is 0. The van der Waals surface area contributed by atoms with Crippen LogP contribution in [0.4, 0.5) is 9.59 Å². The van der Waals surface area contributed by atoms with Crippen LogP contribution in [0.15, 0.2) is 0 Å². The maximum atomic E-state index is 11.0. The summed E-state index contributed by atoms with van der Waals surface area (Å²) < 4.78 is 8.75. The number of hydrogen-bond donors (Lipinski definition) is 0. The topological polar surface area (TPSA) is 89.5 Å². The van der Waals surface area contributed by atoms with Gasteiger partial charge >= 0.3 is 12.3 Å². The Morgan fingerprint density at radius 1 is 0.750 bits per heavy atom. The predicted octanol–water partition coefficient (Wildman–Crippen LogP) is 2.71. The van der Waals surface area contributed by atoms with Gasteiger partial charge in [0.15, 0.2) is 0 Å². The Morgan fingerprint density at radius 2 is 1.05 bits per heavy atom. The molecule has 0 unspecified atom stereocenters. The van der Waals surface area contributed by atoms with Gasteiger partial charge in [0.25, 0.3) is 0 Å². The number of hydrogen-bond acceptors (Lipinski definition) is 8. The Morgan fingerprint density at radius 3 is 1.30 bits per heavy atom. The second kappa shape index (κ2) is 9.07. The van der Waals surface area contributed by atoms with Crippen molar-refractivity contribution in [3.8, 4) is 0 Å². The third-order valence-electron chi connectivity index (χ3n) is 1.07. The quantitative estimate of drug-likeness (QED) is 0.336. The van der Waals surface area contributed by atoms with Crippen LogP contribution in [-0.4, -0.2) is 30.3 Å². The molecule has 0 amide bonds. The van der Waals surface area contributed by atoms with Gasteiger partial charge in [-0.05, 0) is 41.5 Å². The monoisotopic (exact) mass is 331 g/mol. The van der Waals surface area contributed by atoms with Crippen LogP contribution in [0.25, 0.3) is 0 Å². The molecule has 0 aliphatic carbocycles. The van der Waals surface area contributed by atoms with E-state index in [0.29, 0.717) is 0 Å². The fraction of sp³-hybridized carbons (Fsp3) is 0.818. The van der Waals surface area contributed by atoms with Gasteiger partial charge in [-0.15, -0.1) is 0 Å². The van der Waals surface area contributed by atoms with Crippen LogP contribution in [0.1, 0.15) is 41.5 Å². The van der Waals surface area contributed by atoms with Gasteiger partial charge in [-0.1, -0.05) is 0 Å². The minimum atomic E-state index is -1.14. The van der Waals surface area contributed by atoms with E-state index in [1.165, 1.54) is 0 Å². The molecule has 0 aromatic rings. The molecule has 0 aliphatic rings. The Balaban J connectivity index is 0. The van der Waals surface area contributed by atoms with E-state index >= 15 is 0 Å². The van der Waals surface area contributed by atoms with Crippen molar-refractivity contribution in [1.29, 1.82) is 0 Å². The molecule has 0 aromatic carbocycles. The standard InChI is InChI=1S/C11H20O8.V/c1-10(2,3)18-16-8(12)14-7-15-9(13)17-19-11(4,5)6;/h7H2,1-6H3;. The van der Waals surface area contributed by atoms with Gasteiger partial charge < -0.3 is 9.47 Å². The molecule has 0 heterocycles. The van der Waals surface area contributed by atoms with E-state index in [0.717, 1.165) is 0 Å². The van der Waals surface area contributed by atoms with Gasteiger partial charge in [-0.2, -0.15) is 9.78 Å². The molecule has 1 radical (unpaired) electrons. The molecule has 0 saturated heterocycles. The van der Waals surface area contributed by atoms with Crippen LogP contribution in [0.3, 0.4) is 0 Å². The summed E-state index contributed by atoms with van der Waals surface area (Å²) >= 11 is 0. The summed E-state index contributed by atoms with van der Waals surface area (Å²) in [7, 11) is 0. The zero-order valence-electron chi connectivity index (χ0n) is 12.4. The van der Waals surface area contributed by atoms with Crippen molar-refractivity contribution < 1.29 is 57.2 Å². The Kier molecular flexibility index (Phi) is 9.68. The SMILES string of the molecule is CC(C)(C)OOC(=O)OCOC(=O)OOC(C)(C)C.[V]. The van der Waals surface area contributed by atoms with E-state index in [-0.39, 0.29) is 18.6 Å².